The minimum atomic E-state index is -1.70. The van der Waals surface area contributed by atoms with Crippen LogP contribution in [-0.4, -0.2) is 200 Å². The zero-order chi connectivity index (χ0) is 59.0. The molecule has 2 aliphatic carbocycles. The zero-order valence-electron chi connectivity index (χ0n) is 47.2. The van der Waals surface area contributed by atoms with Crippen molar-refractivity contribution in [2.45, 2.75) is 177 Å². The van der Waals surface area contributed by atoms with Gasteiger partial charge in [-0.2, -0.15) is 0 Å². The third-order valence-electron chi connectivity index (χ3n) is 16.0. The molecular formula is C58H83N7O18. The molecule has 4 aliphatic rings. The van der Waals surface area contributed by atoms with Gasteiger partial charge in [-0.15, -0.1) is 5.10 Å². The van der Waals surface area contributed by atoms with Crippen LogP contribution in [0.3, 0.4) is 0 Å². The summed E-state index contributed by atoms with van der Waals surface area (Å²) in [6, 6.07) is 15.7. The molecule has 2 aromatic heterocycles. The second-order valence-electron chi connectivity index (χ2n) is 22.2. The fourth-order valence-corrected chi connectivity index (χ4v) is 11.5. The van der Waals surface area contributed by atoms with Gasteiger partial charge in [-0.05, 0) is 93.7 Å². The highest BCUT2D eigenvalue weighted by molar-refractivity contribution is 5.94. The SMILES string of the molecule is CC1CC(C(=O)NCCCc2cn(CCCn3ccc4cc(NC(=O)COCCOCCN)ccc43)nn2)CC(O[C@@H]2OC(CO)[C@H](O)C(O[C@@H](CC3CCCCC3)C(=O)O)C2OC(=O)c2ccccc2)C1O[C@@H]1OC(C)[C@@H](O)C(O)C1O. The lowest BCUT2D eigenvalue weighted by Gasteiger charge is -2.48. The van der Waals surface area contributed by atoms with Gasteiger partial charge in [-0.3, -0.25) is 14.3 Å². The Bertz CT molecular complexity index is 2670. The van der Waals surface area contributed by atoms with Crippen LogP contribution in [0.15, 0.2) is 67.0 Å². The molecular weight excluding hydrogens is 1080 g/mol. The maximum absolute atomic E-state index is 14.2. The van der Waals surface area contributed by atoms with Crippen LogP contribution in [0.4, 0.5) is 5.69 Å². The smallest absolute Gasteiger partial charge is 0.338 e. The number of rotatable bonds is 29. The number of aliphatic hydroxyl groups is 5. The van der Waals surface area contributed by atoms with Crippen LogP contribution in [0.25, 0.3) is 10.9 Å². The number of amides is 2. The lowest BCUT2D eigenvalue weighted by Crippen LogP contribution is -2.64. The number of nitrogens with one attached hydrogen (secondary N) is 2. The van der Waals surface area contributed by atoms with E-state index in [9.17, 15) is 49.8 Å². The summed E-state index contributed by atoms with van der Waals surface area (Å²) < 4.78 is 52.1. The molecule has 2 saturated heterocycles. The number of hydrogen-bond acceptors (Lipinski definition) is 20. The summed E-state index contributed by atoms with van der Waals surface area (Å²) in [5.74, 6) is -3.91. The van der Waals surface area contributed by atoms with E-state index in [4.69, 9.17) is 43.6 Å². The number of aliphatic carboxylic acids is 1. The maximum atomic E-state index is 14.2. The summed E-state index contributed by atoms with van der Waals surface area (Å²) in [6.45, 7) is 5.59. The number of benzene rings is 2. The Morgan fingerprint density at radius 1 is 0.831 bits per heavy atom. The standard InChI is InChI=1S/C58H83N7O18/c1-34-27-39(54(72)60-20-9-15-41-31-65(63-62-41)22-10-21-64-23-18-38-29-40(16-17-42(38)64)61-46(67)33-77-26-25-76-24-19-59)30-43(51(34)83-57-50(71)49(70)47(68)35(2)78-57)80-58-53(82-56(75)37-13-7-4-8-14-37)52(48(69)45(32-66)81-58)79-44(55(73)74)28-36-11-5-3-6-12-36/h4,7-8,13-14,16-18,23,29,31,34-36,39,43-45,47-53,57-58,66,68-71H,3,5-6,9-12,15,19-22,24-28,30,32-33,59H2,1-2H3,(H,60,72)(H,61,67)(H,73,74)/t34?,35?,39?,43?,44-,45?,47+,48-,49?,50?,51?,52?,53?,57-,58+/m0/s1. The van der Waals surface area contributed by atoms with E-state index in [1.54, 1.807) is 29.8 Å². The van der Waals surface area contributed by atoms with Gasteiger partial charge < -0.3 is 89.5 Å². The van der Waals surface area contributed by atoms with Crippen molar-refractivity contribution in [3.8, 4) is 0 Å². The Labute approximate surface area is 482 Å². The molecule has 2 aromatic carbocycles. The summed E-state index contributed by atoms with van der Waals surface area (Å²) in [6.07, 6.45) is -8.23. The number of esters is 1. The molecule has 2 saturated carbocycles. The molecule has 2 amide bonds. The van der Waals surface area contributed by atoms with Crippen molar-refractivity contribution >= 4 is 40.3 Å². The van der Waals surface area contributed by atoms with Crippen LogP contribution in [0.2, 0.25) is 0 Å². The number of hydrogen-bond donors (Lipinski definition) is 9. The molecule has 0 radical (unpaired) electrons. The Morgan fingerprint density at radius 2 is 1.61 bits per heavy atom. The molecule has 0 bridgehead atoms. The summed E-state index contributed by atoms with van der Waals surface area (Å²) in [5, 5.41) is 80.7. The van der Waals surface area contributed by atoms with Crippen molar-refractivity contribution in [3.05, 3.63) is 78.2 Å². The largest absolute Gasteiger partial charge is 0.479 e. The molecule has 4 fully saturated rings. The predicted molar refractivity (Wildman–Crippen MR) is 296 cm³/mol. The average molecular weight is 1170 g/mol. The van der Waals surface area contributed by atoms with Crippen LogP contribution in [0.5, 0.6) is 0 Å². The predicted octanol–water partition coefficient (Wildman–Crippen LogP) is 2.06. The molecule has 83 heavy (non-hydrogen) atoms. The van der Waals surface area contributed by atoms with Gasteiger partial charge in [0.15, 0.2) is 24.8 Å². The maximum Gasteiger partial charge on any atom is 0.338 e. The highest BCUT2D eigenvalue weighted by Crippen LogP contribution is 2.39. The first kappa shape index (κ1) is 63.5. The molecule has 8 rings (SSSR count). The monoisotopic (exact) mass is 1170 g/mol. The first-order chi connectivity index (χ1) is 40.1. The van der Waals surface area contributed by atoms with E-state index in [-0.39, 0.29) is 55.7 Å². The van der Waals surface area contributed by atoms with Crippen molar-refractivity contribution in [1.82, 2.24) is 24.9 Å². The highest BCUT2D eigenvalue weighted by Gasteiger charge is 2.54. The van der Waals surface area contributed by atoms with E-state index in [0.29, 0.717) is 58.0 Å². The topological polar surface area (TPSA) is 349 Å². The van der Waals surface area contributed by atoms with E-state index < -0.39 is 110 Å². The Kier molecular flexibility index (Phi) is 23.7. The molecule has 4 heterocycles. The lowest BCUT2D eigenvalue weighted by molar-refractivity contribution is -0.349. The van der Waals surface area contributed by atoms with E-state index in [1.807, 2.05) is 36.7 Å². The Morgan fingerprint density at radius 3 is 2.37 bits per heavy atom. The fourth-order valence-electron chi connectivity index (χ4n) is 11.5. The number of carboxylic acids is 1. The van der Waals surface area contributed by atoms with E-state index in [1.165, 1.54) is 19.1 Å². The van der Waals surface area contributed by atoms with Crippen LogP contribution < -0.4 is 16.4 Å². The van der Waals surface area contributed by atoms with Gasteiger partial charge in [-0.1, -0.05) is 62.4 Å². The zero-order valence-corrected chi connectivity index (χ0v) is 47.2. The van der Waals surface area contributed by atoms with E-state index in [0.717, 1.165) is 55.1 Å². The second kappa shape index (κ2) is 31.0. The first-order valence-corrected chi connectivity index (χ1v) is 29.1. The van der Waals surface area contributed by atoms with Crippen LogP contribution in [0.1, 0.15) is 94.1 Å². The van der Waals surface area contributed by atoms with Crippen LogP contribution >= 0.6 is 0 Å². The normalized spacial score (nSPS) is 29.1. The summed E-state index contributed by atoms with van der Waals surface area (Å²) in [5.41, 5.74) is 7.96. The number of fused-ring (bicyclic) bond motifs is 1. The molecule has 2 aliphatic heterocycles. The van der Waals surface area contributed by atoms with Gasteiger partial charge in [0.2, 0.25) is 11.8 Å². The lowest BCUT2D eigenvalue weighted by atomic mass is 9.77. The van der Waals surface area contributed by atoms with Crippen LogP contribution in [0, 0.1) is 17.8 Å². The Balaban J connectivity index is 0.899. The molecule has 25 heteroatoms. The molecule has 10 unspecified atom stereocenters. The number of carboxylic acid groups (broad SMARTS) is 1. The molecule has 25 nitrogen and oxygen atoms in total. The van der Waals surface area contributed by atoms with Gasteiger partial charge in [0.05, 0.1) is 56.0 Å². The molecule has 15 atom stereocenters. The molecule has 4 aromatic rings. The van der Waals surface area contributed by atoms with E-state index in [2.05, 4.69) is 25.5 Å². The number of nitrogens with two attached hydrogens (primary N) is 1. The third-order valence-corrected chi connectivity index (χ3v) is 16.0. The Hall–Kier alpha value is -5.52. The van der Waals surface area contributed by atoms with E-state index >= 15 is 0 Å². The van der Waals surface area contributed by atoms with Crippen molar-refractivity contribution in [3.63, 3.8) is 0 Å². The fraction of sp³-hybridized carbons (Fsp3) is 0.655. The molecule has 458 valence electrons. The van der Waals surface area contributed by atoms with Crippen molar-refractivity contribution in [1.29, 1.82) is 0 Å². The summed E-state index contributed by atoms with van der Waals surface area (Å²) >= 11 is 0. The number of anilines is 1. The second-order valence-corrected chi connectivity index (χ2v) is 22.2. The number of aryl methyl sites for hydroxylation is 3. The number of ether oxygens (including phenoxy) is 8. The van der Waals surface area contributed by atoms with Crippen molar-refractivity contribution in [2.75, 3.05) is 51.4 Å². The van der Waals surface area contributed by atoms with Crippen molar-refractivity contribution < 1.29 is 87.7 Å². The van der Waals surface area contributed by atoms with Gasteiger partial charge in [0.1, 0.15) is 43.2 Å². The van der Waals surface area contributed by atoms with Gasteiger partial charge in [0, 0.05) is 61.1 Å². The quantitative estimate of drug-likeness (QED) is 0.0277. The number of aliphatic hydroxyl groups excluding tert-OH is 5. The first-order valence-electron chi connectivity index (χ1n) is 29.1. The summed E-state index contributed by atoms with van der Waals surface area (Å²) in [4.78, 5) is 53.3. The van der Waals surface area contributed by atoms with Gasteiger partial charge in [0.25, 0.3) is 0 Å². The van der Waals surface area contributed by atoms with Crippen LogP contribution in [-0.2, 0) is 71.8 Å². The minimum absolute atomic E-state index is 0.0277. The number of nitrogens with zero attached hydrogens (tertiary/aromatic N) is 4. The number of carbonyl (C=O) groups excluding carboxylic acids is 3. The highest BCUT2D eigenvalue weighted by atomic mass is 16.7. The number of aromatic nitrogens is 4. The van der Waals surface area contributed by atoms with Gasteiger partial charge >= 0.3 is 11.9 Å². The van der Waals surface area contributed by atoms with Crippen molar-refractivity contribution in [2.24, 2.45) is 23.5 Å². The third kappa shape index (κ3) is 17.3. The average Bonchev–Trinajstić information content (AvgIpc) is 4.32. The van der Waals surface area contributed by atoms with Gasteiger partial charge in [-0.25, -0.2) is 9.59 Å². The summed E-state index contributed by atoms with van der Waals surface area (Å²) in [7, 11) is 0. The number of carbonyl (C=O) groups is 4. The minimum Gasteiger partial charge on any atom is -0.479 e. The molecule has 10 N–H and O–H groups in total. The molecule has 0 spiro atoms.